The van der Waals surface area contributed by atoms with Crippen molar-refractivity contribution < 1.29 is 4.39 Å². The normalized spacial score (nSPS) is 14.0. The Morgan fingerprint density at radius 1 is 1.20 bits per heavy atom. The molecule has 0 bridgehead atoms. The van der Waals surface area contributed by atoms with E-state index in [1.54, 1.807) is 24.5 Å². The van der Waals surface area contributed by atoms with Crippen LogP contribution in [-0.4, -0.2) is 28.1 Å². The van der Waals surface area contributed by atoms with Crippen LogP contribution in [0.3, 0.4) is 0 Å². The Morgan fingerprint density at radius 3 is 2.78 bits per heavy atom. The Bertz CT molecular complexity index is 1690. The molecule has 2 aromatic carbocycles. The largest absolute Gasteiger partial charge is 0.383 e. The molecule has 0 spiro atoms. The zero-order valence-electron chi connectivity index (χ0n) is 23.2. The van der Waals surface area contributed by atoms with E-state index in [1.165, 1.54) is 6.07 Å². The van der Waals surface area contributed by atoms with Gasteiger partial charge in [0.05, 0.1) is 33.5 Å². The first-order chi connectivity index (χ1) is 19.7. The van der Waals surface area contributed by atoms with Crippen LogP contribution in [0.5, 0.6) is 0 Å². The lowest BCUT2D eigenvalue weighted by atomic mass is 9.96. The van der Waals surface area contributed by atoms with E-state index in [1.807, 2.05) is 35.5 Å². The maximum atomic E-state index is 14.7. The number of nitrogens with zero attached hydrogens (tertiary/aromatic N) is 4. The molecule has 0 fully saturated rings. The number of benzene rings is 2. The fraction of sp³-hybridized carbons (Fsp3) is 0.258. The highest BCUT2D eigenvalue weighted by Crippen LogP contribution is 2.37. The van der Waals surface area contributed by atoms with Gasteiger partial charge < -0.3 is 16.1 Å². The molecule has 210 valence electrons. The van der Waals surface area contributed by atoms with E-state index in [-0.39, 0.29) is 11.2 Å². The first kappa shape index (κ1) is 28.1. The molecule has 1 aliphatic rings. The molecule has 0 radical (unpaired) electrons. The Balaban J connectivity index is 1.63. The molecule has 8 nitrogen and oxygen atoms in total. The number of pyridine rings is 2. The van der Waals surface area contributed by atoms with Gasteiger partial charge >= 0.3 is 0 Å². The second-order valence-electron chi connectivity index (χ2n) is 11.1. The summed E-state index contributed by atoms with van der Waals surface area (Å²) < 4.78 is 14.7. The van der Waals surface area contributed by atoms with Gasteiger partial charge in [0.1, 0.15) is 17.4 Å². The second-order valence-corrected chi connectivity index (χ2v) is 11.5. The molecule has 1 aliphatic heterocycles. The van der Waals surface area contributed by atoms with Gasteiger partial charge in [0, 0.05) is 48.1 Å². The van der Waals surface area contributed by atoms with E-state index in [0.717, 1.165) is 23.1 Å². The van der Waals surface area contributed by atoms with Crippen LogP contribution < -0.4 is 21.6 Å². The van der Waals surface area contributed by atoms with Crippen LogP contribution in [0.4, 0.5) is 15.8 Å². The molecule has 3 heterocycles. The van der Waals surface area contributed by atoms with Crippen LogP contribution in [-0.2, 0) is 0 Å². The molecule has 2 aromatic heterocycles. The highest BCUT2D eigenvalue weighted by molar-refractivity contribution is 6.35. The fourth-order valence-corrected chi connectivity index (χ4v) is 5.01. The summed E-state index contributed by atoms with van der Waals surface area (Å²) >= 11 is 6.77. The number of aromatic nitrogens is 2. The molecule has 10 heteroatoms. The van der Waals surface area contributed by atoms with Gasteiger partial charge in [-0.15, -0.1) is 12.1 Å². The molecule has 4 N–H and O–H groups in total. The van der Waals surface area contributed by atoms with E-state index in [9.17, 15) is 9.65 Å². The summed E-state index contributed by atoms with van der Waals surface area (Å²) in [4.78, 5) is 8.77. The van der Waals surface area contributed by atoms with Crippen molar-refractivity contribution in [3.05, 3.63) is 95.3 Å². The summed E-state index contributed by atoms with van der Waals surface area (Å²) in [6, 6.07) is 12.4. The maximum absolute atomic E-state index is 14.7. The standard InChI is InChI=1S/C31H32ClFN8/c1-5-6-12-41-17-26(39-40-41)30(22-9-10-25(33)29-21(22)8-7-11-35-29)38-20-13-23-27(37-18-31(2,3)4)19(15-34)16-36-28(23)24(32)14-20/h5,7-11,13-14,16-17,30,38-40H,1,6,12,18H2,2-4H3,(H,36,37)/t30-/m0/s1. The monoisotopic (exact) mass is 570 g/mol. The van der Waals surface area contributed by atoms with Gasteiger partial charge in [-0.25, -0.2) is 4.39 Å². The van der Waals surface area contributed by atoms with Crippen molar-refractivity contribution in [2.24, 2.45) is 5.41 Å². The SMILES string of the molecule is C=CCCN1C=C([C@@H](Nc2cc(Cl)c3ncc(C#N)c(NCC(C)(C)C)c3c2)c2ccc(F)c3ncccc23)NN1. The van der Waals surface area contributed by atoms with E-state index in [2.05, 4.69) is 65.0 Å². The van der Waals surface area contributed by atoms with Gasteiger partial charge in [-0.05, 0) is 41.7 Å². The molecular formula is C31H32ClFN8. The summed E-state index contributed by atoms with van der Waals surface area (Å²) in [7, 11) is 0. The minimum absolute atomic E-state index is 0.0180. The number of nitrogens with one attached hydrogen (secondary N) is 4. The average Bonchev–Trinajstić information content (AvgIpc) is 3.42. The van der Waals surface area contributed by atoms with Gasteiger partial charge in [0.15, 0.2) is 0 Å². The zero-order valence-corrected chi connectivity index (χ0v) is 24.0. The van der Waals surface area contributed by atoms with Crippen molar-refractivity contribution in [3.63, 3.8) is 0 Å². The first-order valence-electron chi connectivity index (χ1n) is 13.4. The number of nitriles is 1. The van der Waals surface area contributed by atoms with Gasteiger partial charge in [-0.1, -0.05) is 50.6 Å². The van der Waals surface area contributed by atoms with Gasteiger partial charge in [0.25, 0.3) is 0 Å². The highest BCUT2D eigenvalue weighted by atomic mass is 35.5. The molecule has 0 unspecified atom stereocenters. The van der Waals surface area contributed by atoms with Crippen molar-refractivity contribution in [2.45, 2.75) is 33.2 Å². The van der Waals surface area contributed by atoms with Crippen molar-refractivity contribution in [2.75, 3.05) is 23.7 Å². The first-order valence-corrected chi connectivity index (χ1v) is 13.7. The number of hydrogen-bond donors (Lipinski definition) is 4. The maximum Gasteiger partial charge on any atom is 0.149 e. The van der Waals surface area contributed by atoms with Gasteiger partial charge in [-0.2, -0.15) is 5.26 Å². The lowest BCUT2D eigenvalue weighted by Crippen LogP contribution is -2.38. The number of fused-ring (bicyclic) bond motifs is 2. The van der Waals surface area contributed by atoms with Crippen molar-refractivity contribution in [1.29, 1.82) is 5.26 Å². The molecule has 0 amide bonds. The zero-order chi connectivity index (χ0) is 29.1. The summed E-state index contributed by atoms with van der Waals surface area (Å²) in [5.41, 5.74) is 10.8. The predicted molar refractivity (Wildman–Crippen MR) is 163 cm³/mol. The van der Waals surface area contributed by atoms with Crippen molar-refractivity contribution in [1.82, 2.24) is 25.9 Å². The third-order valence-corrected chi connectivity index (χ3v) is 7.03. The predicted octanol–water partition coefficient (Wildman–Crippen LogP) is 6.80. The lowest BCUT2D eigenvalue weighted by molar-refractivity contribution is 0.275. The molecule has 0 saturated heterocycles. The smallest absolute Gasteiger partial charge is 0.149 e. The van der Waals surface area contributed by atoms with Crippen LogP contribution in [0, 0.1) is 22.6 Å². The van der Waals surface area contributed by atoms with Crippen LogP contribution in [0.2, 0.25) is 5.02 Å². The highest BCUT2D eigenvalue weighted by Gasteiger charge is 2.25. The minimum atomic E-state index is -0.435. The van der Waals surface area contributed by atoms with Crippen molar-refractivity contribution >= 4 is 44.8 Å². The van der Waals surface area contributed by atoms with E-state index in [0.29, 0.717) is 51.5 Å². The van der Waals surface area contributed by atoms with Crippen LogP contribution >= 0.6 is 11.6 Å². The Labute approximate surface area is 243 Å². The van der Waals surface area contributed by atoms with Crippen LogP contribution in [0.1, 0.15) is 44.4 Å². The van der Waals surface area contributed by atoms with Crippen LogP contribution in [0.25, 0.3) is 21.8 Å². The molecule has 41 heavy (non-hydrogen) atoms. The summed E-state index contributed by atoms with van der Waals surface area (Å²) in [6.45, 7) is 11.5. The Hall–Kier alpha value is -4.39. The fourth-order valence-electron chi connectivity index (χ4n) is 4.74. The Kier molecular flexibility index (Phi) is 7.97. The van der Waals surface area contributed by atoms with Crippen LogP contribution in [0.15, 0.2) is 73.3 Å². The number of hydrogen-bond acceptors (Lipinski definition) is 8. The quantitative estimate of drug-likeness (QED) is 0.163. The van der Waals surface area contributed by atoms with Crippen molar-refractivity contribution in [3.8, 4) is 6.07 Å². The number of rotatable bonds is 9. The van der Waals surface area contributed by atoms with E-state index >= 15 is 0 Å². The molecular weight excluding hydrogens is 539 g/mol. The molecule has 4 aromatic rings. The molecule has 1 atom stereocenters. The number of hydrazine groups is 2. The average molecular weight is 571 g/mol. The molecule has 0 aliphatic carbocycles. The summed E-state index contributed by atoms with van der Waals surface area (Å²) in [6.07, 6.45) is 7.75. The van der Waals surface area contributed by atoms with Gasteiger partial charge in [0.2, 0.25) is 0 Å². The van der Waals surface area contributed by atoms with E-state index < -0.39 is 6.04 Å². The van der Waals surface area contributed by atoms with Gasteiger partial charge in [-0.3, -0.25) is 15.0 Å². The third kappa shape index (κ3) is 6.04. The minimum Gasteiger partial charge on any atom is -0.383 e. The lowest BCUT2D eigenvalue weighted by Gasteiger charge is -2.24. The van der Waals surface area contributed by atoms with E-state index in [4.69, 9.17) is 11.6 Å². The topological polar surface area (TPSA) is 101 Å². The number of halogens is 2. The summed E-state index contributed by atoms with van der Waals surface area (Å²) in [5.74, 6) is -0.388. The Morgan fingerprint density at radius 2 is 2.02 bits per heavy atom. The molecule has 5 rings (SSSR count). The number of anilines is 2. The third-order valence-electron chi connectivity index (χ3n) is 6.74. The second kappa shape index (κ2) is 11.6. The molecule has 0 saturated carbocycles. The summed E-state index contributed by atoms with van der Waals surface area (Å²) in [5, 5.41) is 20.7.